The molecule has 0 saturated heterocycles. The van der Waals surface area contributed by atoms with Crippen molar-refractivity contribution >= 4 is 5.78 Å². The molecule has 2 aromatic rings. The zero-order valence-electron chi connectivity index (χ0n) is 7.82. The Morgan fingerprint density at radius 3 is 3.07 bits per heavy atom. The minimum Gasteiger partial charge on any atom is -0.330 e. The molecule has 1 N–H and O–H groups in total. The van der Waals surface area contributed by atoms with E-state index in [1.54, 1.807) is 13.1 Å². The summed E-state index contributed by atoms with van der Waals surface area (Å²) in [7, 11) is 0. The maximum absolute atomic E-state index is 11.6. The van der Waals surface area contributed by atoms with Gasteiger partial charge in [0, 0.05) is 17.7 Å². The van der Waals surface area contributed by atoms with Gasteiger partial charge in [-0.25, -0.2) is 0 Å². The molecular weight excluding hydrogens is 180 g/mol. The van der Waals surface area contributed by atoms with Crippen molar-refractivity contribution < 1.29 is 0 Å². The van der Waals surface area contributed by atoms with Crippen LogP contribution in [0.25, 0.3) is 5.78 Å². The molecule has 2 aromatic heterocycles. The summed E-state index contributed by atoms with van der Waals surface area (Å²) in [6.45, 7) is 1.76. The topological polar surface area (TPSA) is 63.1 Å². The quantitative estimate of drug-likeness (QED) is 0.716. The molecule has 0 atom stereocenters. The molecule has 3 rings (SSSR count). The van der Waals surface area contributed by atoms with Crippen LogP contribution in [0, 0.1) is 6.92 Å². The van der Waals surface area contributed by atoms with E-state index in [1.165, 1.54) is 4.52 Å². The van der Waals surface area contributed by atoms with Crippen molar-refractivity contribution in [2.45, 2.75) is 25.7 Å². The molecule has 0 aliphatic heterocycles. The number of hydrogen-bond acceptors (Lipinski definition) is 3. The fraction of sp³-hybridized carbons (Fsp3) is 0.444. The van der Waals surface area contributed by atoms with Crippen LogP contribution in [-0.2, 0) is 0 Å². The highest BCUT2D eigenvalue weighted by molar-refractivity contribution is 5.28. The van der Waals surface area contributed by atoms with E-state index < -0.39 is 0 Å². The number of hydrogen-bond donors (Lipinski definition) is 1. The van der Waals surface area contributed by atoms with Gasteiger partial charge in [0.25, 0.3) is 5.56 Å². The normalized spacial score (nSPS) is 16.4. The lowest BCUT2D eigenvalue weighted by Gasteiger charge is -1.91. The van der Waals surface area contributed by atoms with E-state index in [1.807, 2.05) is 0 Å². The molecule has 14 heavy (non-hydrogen) atoms. The lowest BCUT2D eigenvalue weighted by atomic mass is 10.4. The van der Waals surface area contributed by atoms with Gasteiger partial charge in [-0.05, 0) is 19.8 Å². The summed E-state index contributed by atoms with van der Waals surface area (Å²) in [6.07, 6.45) is 3.96. The molecule has 5 heteroatoms. The zero-order chi connectivity index (χ0) is 9.71. The van der Waals surface area contributed by atoms with Gasteiger partial charge in [0.05, 0.1) is 0 Å². The van der Waals surface area contributed by atoms with Crippen molar-refractivity contribution in [1.82, 2.24) is 19.6 Å². The van der Waals surface area contributed by atoms with Crippen molar-refractivity contribution in [3.05, 3.63) is 27.9 Å². The van der Waals surface area contributed by atoms with Crippen LogP contribution in [0.4, 0.5) is 0 Å². The zero-order valence-corrected chi connectivity index (χ0v) is 7.82. The molecule has 0 spiro atoms. The fourth-order valence-corrected chi connectivity index (χ4v) is 1.48. The maximum Gasteiger partial charge on any atom is 0.278 e. The molecule has 0 radical (unpaired) electrons. The van der Waals surface area contributed by atoms with Gasteiger partial charge in [0.1, 0.15) is 0 Å². The van der Waals surface area contributed by atoms with Crippen LogP contribution in [0.1, 0.15) is 30.1 Å². The van der Waals surface area contributed by atoms with E-state index in [0.29, 0.717) is 17.3 Å². The van der Waals surface area contributed by atoms with Gasteiger partial charge in [-0.2, -0.15) is 9.50 Å². The number of aryl methyl sites for hydroxylation is 1. The van der Waals surface area contributed by atoms with E-state index in [-0.39, 0.29) is 5.56 Å². The van der Waals surface area contributed by atoms with Crippen molar-refractivity contribution in [1.29, 1.82) is 0 Å². The molecule has 2 heterocycles. The highest BCUT2D eigenvalue weighted by atomic mass is 16.1. The third-order valence-corrected chi connectivity index (χ3v) is 2.51. The van der Waals surface area contributed by atoms with Crippen molar-refractivity contribution in [2.24, 2.45) is 0 Å². The monoisotopic (exact) mass is 190 g/mol. The summed E-state index contributed by atoms with van der Waals surface area (Å²) in [5.74, 6) is 1.81. The molecule has 5 nitrogen and oxygen atoms in total. The van der Waals surface area contributed by atoms with Crippen LogP contribution in [-0.4, -0.2) is 19.6 Å². The van der Waals surface area contributed by atoms with E-state index >= 15 is 0 Å². The third kappa shape index (κ3) is 0.982. The van der Waals surface area contributed by atoms with Crippen LogP contribution >= 0.6 is 0 Å². The number of nitrogens with one attached hydrogen (secondary N) is 1. The molecule has 1 aliphatic carbocycles. The summed E-state index contributed by atoms with van der Waals surface area (Å²) in [5.41, 5.74) is 0.572. The number of H-pyrrole nitrogens is 1. The second-order valence-corrected chi connectivity index (χ2v) is 3.76. The number of fused-ring (bicyclic) bond motifs is 1. The smallest absolute Gasteiger partial charge is 0.278 e. The Hall–Kier alpha value is -1.65. The highest BCUT2D eigenvalue weighted by Gasteiger charge is 2.28. The molecule has 0 unspecified atom stereocenters. The molecule has 72 valence electrons. The number of nitrogens with zero attached hydrogens (tertiary/aromatic N) is 3. The first-order valence-corrected chi connectivity index (χ1v) is 4.70. The van der Waals surface area contributed by atoms with E-state index in [4.69, 9.17) is 0 Å². The first-order chi connectivity index (χ1) is 6.75. The second kappa shape index (κ2) is 2.43. The van der Waals surface area contributed by atoms with Gasteiger partial charge >= 0.3 is 0 Å². The van der Waals surface area contributed by atoms with Gasteiger partial charge in [-0.15, -0.1) is 5.10 Å². The summed E-state index contributed by atoms with van der Waals surface area (Å²) in [6, 6.07) is 0. The third-order valence-electron chi connectivity index (χ3n) is 2.51. The van der Waals surface area contributed by atoms with Crippen molar-refractivity contribution in [3.63, 3.8) is 0 Å². The van der Waals surface area contributed by atoms with Crippen molar-refractivity contribution in [2.75, 3.05) is 0 Å². The van der Waals surface area contributed by atoms with E-state index in [2.05, 4.69) is 15.1 Å². The average Bonchev–Trinajstić information content (AvgIpc) is 2.93. The van der Waals surface area contributed by atoms with Crippen LogP contribution in [0.2, 0.25) is 0 Å². The van der Waals surface area contributed by atoms with Gasteiger partial charge in [-0.1, -0.05) is 0 Å². The van der Waals surface area contributed by atoms with Crippen LogP contribution in [0.3, 0.4) is 0 Å². The van der Waals surface area contributed by atoms with Crippen LogP contribution < -0.4 is 5.56 Å². The van der Waals surface area contributed by atoms with Crippen LogP contribution in [0.5, 0.6) is 0 Å². The predicted octanol–water partition coefficient (Wildman–Crippen LogP) is 0.603. The first kappa shape index (κ1) is 7.73. The minimum atomic E-state index is -0.0850. The SMILES string of the molecule is Cc1c[nH]c2nc(C3CC3)nn2c1=O. The van der Waals surface area contributed by atoms with Crippen LogP contribution in [0.15, 0.2) is 11.0 Å². The predicted molar refractivity (Wildman–Crippen MR) is 50.3 cm³/mol. The summed E-state index contributed by atoms with van der Waals surface area (Å²) in [4.78, 5) is 18.9. The summed E-state index contributed by atoms with van der Waals surface area (Å²) < 4.78 is 1.35. The number of aromatic amines is 1. The average molecular weight is 190 g/mol. The lowest BCUT2D eigenvalue weighted by Crippen LogP contribution is -2.17. The minimum absolute atomic E-state index is 0.0850. The highest BCUT2D eigenvalue weighted by Crippen LogP contribution is 2.37. The Bertz CT molecular complexity index is 549. The Kier molecular flexibility index (Phi) is 1.34. The summed E-state index contributed by atoms with van der Waals surface area (Å²) >= 11 is 0. The summed E-state index contributed by atoms with van der Waals surface area (Å²) in [5, 5.41) is 4.20. The first-order valence-electron chi connectivity index (χ1n) is 4.70. The Labute approximate surface area is 79.8 Å². The molecule has 1 aliphatic rings. The largest absolute Gasteiger partial charge is 0.330 e. The maximum atomic E-state index is 11.6. The Morgan fingerprint density at radius 1 is 1.57 bits per heavy atom. The van der Waals surface area contributed by atoms with Gasteiger partial charge in [0.15, 0.2) is 5.82 Å². The van der Waals surface area contributed by atoms with E-state index in [9.17, 15) is 4.79 Å². The van der Waals surface area contributed by atoms with Gasteiger partial charge < -0.3 is 4.98 Å². The molecule has 1 saturated carbocycles. The van der Waals surface area contributed by atoms with Gasteiger partial charge in [0.2, 0.25) is 5.78 Å². The second-order valence-electron chi connectivity index (χ2n) is 3.76. The fourth-order valence-electron chi connectivity index (χ4n) is 1.48. The number of rotatable bonds is 1. The van der Waals surface area contributed by atoms with E-state index in [0.717, 1.165) is 18.7 Å². The Morgan fingerprint density at radius 2 is 2.36 bits per heavy atom. The Balaban J connectivity index is 2.32. The molecule has 0 aromatic carbocycles. The number of aromatic nitrogens is 4. The van der Waals surface area contributed by atoms with Crippen molar-refractivity contribution in [3.8, 4) is 0 Å². The standard InChI is InChI=1S/C9H10N4O/c1-5-4-10-9-11-7(6-2-3-6)12-13(9)8(5)14/h4,6H,2-3H2,1H3,(H,10,11,12). The van der Waals surface area contributed by atoms with Gasteiger partial charge in [-0.3, -0.25) is 4.79 Å². The molecule has 0 amide bonds. The molecule has 1 fully saturated rings. The lowest BCUT2D eigenvalue weighted by molar-refractivity contribution is 0.840. The molecule has 0 bridgehead atoms. The molecular formula is C9H10N4O.